The van der Waals surface area contributed by atoms with Gasteiger partial charge in [0.25, 0.3) is 0 Å². The van der Waals surface area contributed by atoms with Crippen molar-refractivity contribution in [3.05, 3.63) is 60.7 Å². The third-order valence-electron chi connectivity index (χ3n) is 6.27. The number of likely N-dealkylation sites (tertiary alicyclic amines) is 1. The predicted molar refractivity (Wildman–Crippen MR) is 137 cm³/mol. The quantitative estimate of drug-likeness (QED) is 0.407. The molecule has 5 heterocycles. The van der Waals surface area contributed by atoms with Crippen LogP contribution >= 0.6 is 0 Å². The van der Waals surface area contributed by atoms with Gasteiger partial charge in [-0.15, -0.1) is 0 Å². The van der Waals surface area contributed by atoms with E-state index in [0.717, 1.165) is 58.2 Å². The standard InChI is InChI=1S/C26H30N8/c1-5-9-22(34-12-7-6-8-13-34)23-17(2)28-26(30-23)25-24-21(31-32-25)11-10-20(29-24)18-14-19(33(3)4)16-27-15-18/h5,9-11,14-16H,1,6-8,12-13H2,2-4H3,(H,28,30)(H,31,32)/b22-9+. The number of imidazole rings is 1. The van der Waals surface area contributed by atoms with Gasteiger partial charge in [-0.05, 0) is 50.5 Å². The van der Waals surface area contributed by atoms with Gasteiger partial charge in [-0.1, -0.05) is 12.7 Å². The van der Waals surface area contributed by atoms with Crippen molar-refractivity contribution in [1.82, 2.24) is 35.0 Å². The molecule has 0 aliphatic carbocycles. The third-order valence-corrected chi connectivity index (χ3v) is 6.27. The molecule has 1 aliphatic heterocycles. The molecular formula is C26H30N8. The van der Waals surface area contributed by atoms with Gasteiger partial charge in [0.1, 0.15) is 11.2 Å². The second-order valence-corrected chi connectivity index (χ2v) is 8.89. The monoisotopic (exact) mass is 454 g/mol. The number of piperidine rings is 1. The molecule has 4 aromatic rings. The normalized spacial score (nSPS) is 14.6. The molecule has 8 nitrogen and oxygen atoms in total. The molecule has 1 aliphatic rings. The fraction of sp³-hybridized carbons (Fsp3) is 0.308. The van der Waals surface area contributed by atoms with Gasteiger partial charge in [0.15, 0.2) is 11.5 Å². The Bertz CT molecular complexity index is 1350. The topological polar surface area (TPSA) is 89.6 Å². The van der Waals surface area contributed by atoms with Gasteiger partial charge in [-0.25, -0.2) is 9.97 Å². The van der Waals surface area contributed by atoms with Crippen LogP contribution in [0.15, 0.2) is 49.3 Å². The first-order valence-electron chi connectivity index (χ1n) is 11.7. The summed E-state index contributed by atoms with van der Waals surface area (Å²) in [5.74, 6) is 0.704. The molecule has 1 fully saturated rings. The minimum absolute atomic E-state index is 0.704. The molecule has 2 N–H and O–H groups in total. The summed E-state index contributed by atoms with van der Waals surface area (Å²) in [6.07, 6.45) is 11.3. The Morgan fingerprint density at radius 2 is 1.94 bits per heavy atom. The van der Waals surface area contributed by atoms with Crippen molar-refractivity contribution >= 4 is 22.4 Å². The number of rotatable bonds is 6. The maximum Gasteiger partial charge on any atom is 0.161 e. The van der Waals surface area contributed by atoms with Gasteiger partial charge in [-0.2, -0.15) is 5.10 Å². The zero-order valence-corrected chi connectivity index (χ0v) is 20.0. The van der Waals surface area contributed by atoms with Crippen molar-refractivity contribution in [2.45, 2.75) is 26.2 Å². The van der Waals surface area contributed by atoms with Crippen molar-refractivity contribution in [1.29, 1.82) is 0 Å². The Hall–Kier alpha value is -3.94. The summed E-state index contributed by atoms with van der Waals surface area (Å²) in [5, 5.41) is 7.66. The lowest BCUT2D eigenvalue weighted by atomic mass is 10.1. The maximum atomic E-state index is 4.98. The van der Waals surface area contributed by atoms with Crippen molar-refractivity contribution in [2.75, 3.05) is 32.1 Å². The van der Waals surface area contributed by atoms with Gasteiger partial charge in [0, 0.05) is 44.6 Å². The van der Waals surface area contributed by atoms with E-state index in [1.165, 1.54) is 19.3 Å². The Labute approximate surface area is 199 Å². The van der Waals surface area contributed by atoms with Gasteiger partial charge < -0.3 is 14.8 Å². The fourth-order valence-corrected chi connectivity index (χ4v) is 4.44. The number of aromatic nitrogens is 6. The molecule has 8 heteroatoms. The van der Waals surface area contributed by atoms with Crippen molar-refractivity contribution < 1.29 is 0 Å². The van der Waals surface area contributed by atoms with E-state index in [-0.39, 0.29) is 0 Å². The zero-order chi connectivity index (χ0) is 23.7. The summed E-state index contributed by atoms with van der Waals surface area (Å²) in [7, 11) is 4.00. The minimum atomic E-state index is 0.704. The molecule has 0 saturated carbocycles. The van der Waals surface area contributed by atoms with E-state index in [4.69, 9.17) is 9.97 Å². The molecule has 174 valence electrons. The molecular weight excluding hydrogens is 424 g/mol. The van der Waals surface area contributed by atoms with E-state index in [1.807, 2.05) is 49.6 Å². The molecule has 0 atom stereocenters. The second-order valence-electron chi connectivity index (χ2n) is 8.89. The van der Waals surface area contributed by atoms with Crippen LogP contribution in [0.25, 0.3) is 39.5 Å². The molecule has 0 radical (unpaired) electrons. The Kier molecular flexibility index (Phi) is 5.88. The Balaban J connectivity index is 1.55. The van der Waals surface area contributed by atoms with Crippen LogP contribution in [0.3, 0.4) is 0 Å². The summed E-state index contributed by atoms with van der Waals surface area (Å²) in [4.78, 5) is 22.2. The number of pyridine rings is 2. The number of anilines is 1. The van der Waals surface area contributed by atoms with Crippen molar-refractivity contribution in [3.8, 4) is 22.8 Å². The first-order chi connectivity index (χ1) is 16.5. The van der Waals surface area contributed by atoms with Crippen LogP contribution in [-0.4, -0.2) is 62.2 Å². The van der Waals surface area contributed by atoms with Gasteiger partial charge in [0.2, 0.25) is 0 Å². The highest BCUT2D eigenvalue weighted by Gasteiger charge is 2.22. The van der Waals surface area contributed by atoms with Crippen LogP contribution in [0.5, 0.6) is 0 Å². The SMILES string of the molecule is C=C/C=C(\c1nc(-c2n[nH]c3ccc(-c4cncc(N(C)C)c4)nc23)[nH]c1C)N1CCCCC1. The minimum Gasteiger partial charge on any atom is -0.376 e. The molecule has 5 rings (SSSR count). The van der Waals surface area contributed by atoms with Crippen molar-refractivity contribution in [3.63, 3.8) is 0 Å². The lowest BCUT2D eigenvalue weighted by Crippen LogP contribution is -2.28. The van der Waals surface area contributed by atoms with E-state index in [2.05, 4.69) is 50.7 Å². The van der Waals surface area contributed by atoms with Crippen LogP contribution in [0.1, 0.15) is 30.7 Å². The zero-order valence-electron chi connectivity index (χ0n) is 20.0. The summed E-state index contributed by atoms with van der Waals surface area (Å²) in [5.41, 5.74) is 8.22. The number of aromatic amines is 2. The average molecular weight is 455 g/mol. The van der Waals surface area contributed by atoms with Crippen LogP contribution in [0.4, 0.5) is 5.69 Å². The number of aryl methyl sites for hydroxylation is 1. The van der Waals surface area contributed by atoms with E-state index in [1.54, 1.807) is 0 Å². The Morgan fingerprint density at radius 1 is 1.12 bits per heavy atom. The largest absolute Gasteiger partial charge is 0.376 e. The highest BCUT2D eigenvalue weighted by atomic mass is 15.2. The molecule has 0 spiro atoms. The summed E-state index contributed by atoms with van der Waals surface area (Å²) in [6, 6.07) is 6.08. The lowest BCUT2D eigenvalue weighted by Gasteiger charge is -2.30. The number of fused-ring (bicyclic) bond motifs is 1. The number of hydrogen-bond donors (Lipinski definition) is 2. The van der Waals surface area contributed by atoms with Crippen LogP contribution in [0, 0.1) is 6.92 Å². The molecule has 0 aromatic carbocycles. The molecule has 1 saturated heterocycles. The number of hydrogen-bond acceptors (Lipinski definition) is 6. The maximum absolute atomic E-state index is 4.98. The highest BCUT2D eigenvalue weighted by Crippen LogP contribution is 2.30. The Morgan fingerprint density at radius 3 is 2.71 bits per heavy atom. The number of allylic oxidation sites excluding steroid dienone is 2. The molecule has 0 bridgehead atoms. The van der Waals surface area contributed by atoms with Gasteiger partial charge >= 0.3 is 0 Å². The molecule has 4 aromatic heterocycles. The van der Waals surface area contributed by atoms with E-state index in [0.29, 0.717) is 11.5 Å². The molecule has 0 unspecified atom stereocenters. The smallest absolute Gasteiger partial charge is 0.161 e. The predicted octanol–water partition coefficient (Wildman–Crippen LogP) is 4.80. The lowest BCUT2D eigenvalue weighted by molar-refractivity contribution is 0.325. The number of nitrogens with one attached hydrogen (secondary N) is 2. The summed E-state index contributed by atoms with van der Waals surface area (Å²) >= 11 is 0. The second kappa shape index (κ2) is 9.13. The molecule has 0 amide bonds. The van der Waals surface area contributed by atoms with Crippen LogP contribution in [-0.2, 0) is 0 Å². The van der Waals surface area contributed by atoms with Crippen LogP contribution < -0.4 is 4.90 Å². The van der Waals surface area contributed by atoms with E-state index in [9.17, 15) is 0 Å². The van der Waals surface area contributed by atoms with E-state index < -0.39 is 0 Å². The first kappa shape index (κ1) is 21.9. The van der Waals surface area contributed by atoms with Gasteiger partial charge in [0.05, 0.1) is 28.8 Å². The van der Waals surface area contributed by atoms with Crippen LogP contribution in [0.2, 0.25) is 0 Å². The number of nitrogens with zero attached hydrogens (tertiary/aromatic N) is 6. The first-order valence-corrected chi connectivity index (χ1v) is 11.7. The molecule has 34 heavy (non-hydrogen) atoms. The van der Waals surface area contributed by atoms with Gasteiger partial charge in [-0.3, -0.25) is 10.1 Å². The van der Waals surface area contributed by atoms with Crippen molar-refractivity contribution in [2.24, 2.45) is 0 Å². The van der Waals surface area contributed by atoms with E-state index >= 15 is 0 Å². The highest BCUT2D eigenvalue weighted by molar-refractivity contribution is 5.89. The summed E-state index contributed by atoms with van der Waals surface area (Å²) < 4.78 is 0. The average Bonchev–Trinajstić information content (AvgIpc) is 3.46. The third kappa shape index (κ3) is 4.07. The number of H-pyrrole nitrogens is 2. The fourth-order valence-electron chi connectivity index (χ4n) is 4.44. The summed E-state index contributed by atoms with van der Waals surface area (Å²) in [6.45, 7) is 8.06.